The number of hydrogen-bond donors (Lipinski definition) is 3. The molecular weight excluding hydrogens is 370 g/mol. The summed E-state index contributed by atoms with van der Waals surface area (Å²) < 4.78 is 0. The lowest BCUT2D eigenvalue weighted by Gasteiger charge is -2.61. The number of nitrogens with two attached hydrogens (primary N) is 1. The summed E-state index contributed by atoms with van der Waals surface area (Å²) in [6, 6.07) is 0. The first-order chi connectivity index (χ1) is 14.4. The molecule has 4 N–H and O–H groups in total. The Morgan fingerprint density at radius 2 is 1.50 bits per heavy atom. The van der Waals surface area contributed by atoms with Crippen LogP contribution < -0.4 is 5.73 Å². The molecule has 0 saturated heterocycles. The molecule has 0 aromatic carbocycles. The van der Waals surface area contributed by atoms with Crippen LogP contribution in [0.1, 0.15) is 111 Å². The summed E-state index contributed by atoms with van der Waals surface area (Å²) in [6.07, 6.45) is 15.6. The molecule has 0 aromatic heterocycles. The Labute approximate surface area is 186 Å². The molecule has 4 fully saturated rings. The van der Waals surface area contributed by atoms with Crippen LogP contribution in [0.5, 0.6) is 0 Å². The normalized spacial score (nSPS) is 47.5. The average Bonchev–Trinajstić information content (AvgIpc) is 3.00. The second-order valence-electron chi connectivity index (χ2n) is 11.5. The molecule has 4 aliphatic rings. The molecule has 9 unspecified atom stereocenters. The van der Waals surface area contributed by atoms with Crippen molar-refractivity contribution in [3.8, 4) is 0 Å². The Morgan fingerprint density at radius 3 is 2.23 bits per heavy atom. The van der Waals surface area contributed by atoms with Gasteiger partial charge in [-0.2, -0.15) is 0 Å². The predicted octanol–water partition coefficient (Wildman–Crippen LogP) is 5.91. The van der Waals surface area contributed by atoms with Crippen molar-refractivity contribution in [2.45, 2.75) is 123 Å². The zero-order valence-corrected chi connectivity index (χ0v) is 20.4. The number of unbranched alkanes of at least 4 members (excludes halogenated alkanes) is 3. The first kappa shape index (κ1) is 24.5. The molecule has 0 radical (unpaired) electrons. The minimum atomic E-state index is -0.0815. The number of aliphatic hydroxyl groups excluding tert-OH is 2. The molecule has 176 valence electrons. The molecule has 4 saturated carbocycles. The van der Waals surface area contributed by atoms with Crippen LogP contribution in [0, 0.1) is 40.4 Å². The molecule has 0 aliphatic heterocycles. The lowest BCUT2D eigenvalue weighted by atomic mass is 9.44. The van der Waals surface area contributed by atoms with E-state index in [1.807, 2.05) is 13.8 Å². The second-order valence-corrected chi connectivity index (χ2v) is 11.5. The van der Waals surface area contributed by atoms with Crippen LogP contribution in [0.3, 0.4) is 0 Å². The van der Waals surface area contributed by atoms with Gasteiger partial charge in [0.2, 0.25) is 0 Å². The smallest absolute Gasteiger partial charge is 0.0576 e. The lowest BCUT2D eigenvalue weighted by molar-refractivity contribution is -0.127. The van der Waals surface area contributed by atoms with Crippen LogP contribution in [0.15, 0.2) is 0 Å². The summed E-state index contributed by atoms with van der Waals surface area (Å²) in [6.45, 7) is 9.91. The zero-order chi connectivity index (χ0) is 21.9. The molecule has 3 heteroatoms. The van der Waals surface area contributed by atoms with E-state index in [1.165, 1.54) is 57.8 Å². The third-order valence-corrected chi connectivity index (χ3v) is 10.4. The molecule has 3 nitrogen and oxygen atoms in total. The highest BCUT2D eigenvalue weighted by Crippen LogP contribution is 2.67. The largest absolute Gasteiger partial charge is 0.393 e. The van der Waals surface area contributed by atoms with E-state index in [4.69, 9.17) is 5.73 Å². The molecule has 30 heavy (non-hydrogen) atoms. The fraction of sp³-hybridized carbons (Fsp3) is 1.00. The summed E-state index contributed by atoms with van der Waals surface area (Å²) >= 11 is 0. The van der Waals surface area contributed by atoms with Crippen molar-refractivity contribution in [1.29, 1.82) is 0 Å². The summed E-state index contributed by atoms with van der Waals surface area (Å²) in [5.41, 5.74) is 6.43. The highest BCUT2D eigenvalue weighted by molar-refractivity contribution is 5.10. The SMILES string of the molecule is CC.CC12CCC(O)CC1CCC1C2CCC2(C)C(CCCCCCN)C(O)CC12. The van der Waals surface area contributed by atoms with Crippen molar-refractivity contribution in [2.75, 3.05) is 6.54 Å². The minimum Gasteiger partial charge on any atom is -0.393 e. The maximum Gasteiger partial charge on any atom is 0.0576 e. The summed E-state index contributed by atoms with van der Waals surface area (Å²) in [5.74, 6) is 3.60. The molecule has 4 aliphatic carbocycles. The van der Waals surface area contributed by atoms with Gasteiger partial charge in [0, 0.05) is 0 Å². The van der Waals surface area contributed by atoms with E-state index in [-0.39, 0.29) is 12.2 Å². The molecule has 0 amide bonds. The average molecular weight is 422 g/mol. The van der Waals surface area contributed by atoms with Crippen molar-refractivity contribution in [2.24, 2.45) is 46.2 Å². The zero-order valence-electron chi connectivity index (χ0n) is 20.4. The Balaban J connectivity index is 0.00000124. The Hall–Kier alpha value is -0.120. The van der Waals surface area contributed by atoms with E-state index in [0.717, 1.165) is 55.9 Å². The Morgan fingerprint density at radius 1 is 0.800 bits per heavy atom. The van der Waals surface area contributed by atoms with Crippen LogP contribution in [0.4, 0.5) is 0 Å². The fourth-order valence-corrected chi connectivity index (χ4v) is 8.74. The lowest BCUT2D eigenvalue weighted by Crippen LogP contribution is -2.53. The van der Waals surface area contributed by atoms with Gasteiger partial charge in [0.15, 0.2) is 0 Å². The van der Waals surface area contributed by atoms with Gasteiger partial charge in [-0.15, -0.1) is 0 Å². The van der Waals surface area contributed by atoms with Gasteiger partial charge in [-0.3, -0.25) is 0 Å². The molecule has 0 aromatic rings. The van der Waals surface area contributed by atoms with Gasteiger partial charge in [0.05, 0.1) is 12.2 Å². The molecule has 0 heterocycles. The van der Waals surface area contributed by atoms with Gasteiger partial charge >= 0.3 is 0 Å². The standard InChI is InChI=1S/C25H45NO2.C2H6/c1-24-12-10-18(27)15-17(24)8-9-19-20(24)11-13-25(2)21(23(28)16-22(19)25)7-5-3-4-6-14-26;1-2/h17-23,27-28H,3-16,26H2,1-2H3;1-2H3. The van der Waals surface area contributed by atoms with Gasteiger partial charge in [-0.1, -0.05) is 47.0 Å². The highest BCUT2D eigenvalue weighted by Gasteiger charge is 2.61. The van der Waals surface area contributed by atoms with Crippen LogP contribution >= 0.6 is 0 Å². The number of hydrogen-bond acceptors (Lipinski definition) is 3. The van der Waals surface area contributed by atoms with E-state index in [0.29, 0.717) is 16.7 Å². The summed E-state index contributed by atoms with van der Waals surface area (Å²) in [4.78, 5) is 0. The first-order valence-corrected chi connectivity index (χ1v) is 13.5. The fourth-order valence-electron chi connectivity index (χ4n) is 8.74. The van der Waals surface area contributed by atoms with Gasteiger partial charge in [0.25, 0.3) is 0 Å². The quantitative estimate of drug-likeness (QED) is 0.467. The topological polar surface area (TPSA) is 66.5 Å². The van der Waals surface area contributed by atoms with Gasteiger partial charge in [-0.05, 0) is 111 Å². The van der Waals surface area contributed by atoms with E-state index in [2.05, 4.69) is 13.8 Å². The summed E-state index contributed by atoms with van der Waals surface area (Å²) in [5, 5.41) is 21.3. The molecule has 4 rings (SSSR count). The van der Waals surface area contributed by atoms with E-state index >= 15 is 0 Å². The van der Waals surface area contributed by atoms with E-state index in [9.17, 15) is 10.2 Å². The third-order valence-electron chi connectivity index (χ3n) is 10.4. The van der Waals surface area contributed by atoms with Crippen LogP contribution in [-0.2, 0) is 0 Å². The van der Waals surface area contributed by atoms with Crippen molar-refractivity contribution >= 4 is 0 Å². The molecule has 0 spiro atoms. The number of aliphatic hydroxyl groups is 2. The molecular formula is C27H51NO2. The van der Waals surface area contributed by atoms with Gasteiger partial charge in [-0.25, -0.2) is 0 Å². The van der Waals surface area contributed by atoms with Gasteiger partial charge in [0.1, 0.15) is 0 Å². The van der Waals surface area contributed by atoms with E-state index < -0.39 is 0 Å². The predicted molar refractivity (Wildman–Crippen MR) is 126 cm³/mol. The van der Waals surface area contributed by atoms with Crippen LogP contribution in [0.2, 0.25) is 0 Å². The van der Waals surface area contributed by atoms with Crippen molar-refractivity contribution < 1.29 is 10.2 Å². The number of rotatable bonds is 6. The minimum absolute atomic E-state index is 0.0552. The van der Waals surface area contributed by atoms with Crippen LogP contribution in [-0.4, -0.2) is 29.0 Å². The Kier molecular flexibility index (Phi) is 8.35. The van der Waals surface area contributed by atoms with Crippen LogP contribution in [0.25, 0.3) is 0 Å². The molecule has 0 bridgehead atoms. The third kappa shape index (κ3) is 4.37. The van der Waals surface area contributed by atoms with Crippen molar-refractivity contribution in [3.05, 3.63) is 0 Å². The van der Waals surface area contributed by atoms with Crippen molar-refractivity contribution in [3.63, 3.8) is 0 Å². The maximum absolute atomic E-state index is 11.1. The second kappa shape index (κ2) is 10.2. The maximum atomic E-state index is 11.1. The highest BCUT2D eigenvalue weighted by atomic mass is 16.3. The van der Waals surface area contributed by atoms with Gasteiger partial charge < -0.3 is 15.9 Å². The monoisotopic (exact) mass is 421 g/mol. The first-order valence-electron chi connectivity index (χ1n) is 13.5. The molecule has 9 atom stereocenters. The van der Waals surface area contributed by atoms with E-state index in [1.54, 1.807) is 0 Å². The van der Waals surface area contributed by atoms with Crippen molar-refractivity contribution in [1.82, 2.24) is 0 Å². The summed E-state index contributed by atoms with van der Waals surface area (Å²) in [7, 11) is 0. The number of fused-ring (bicyclic) bond motifs is 5. The Bertz CT molecular complexity index is 539.